The summed E-state index contributed by atoms with van der Waals surface area (Å²) in [6, 6.07) is 3.85. The summed E-state index contributed by atoms with van der Waals surface area (Å²) in [6.07, 6.45) is -4.77. The van der Waals surface area contributed by atoms with Crippen molar-refractivity contribution in [2.45, 2.75) is 6.36 Å². The molecule has 12 heavy (non-hydrogen) atoms. The summed E-state index contributed by atoms with van der Waals surface area (Å²) >= 11 is 0. The van der Waals surface area contributed by atoms with Gasteiger partial charge in [-0.15, -0.1) is 13.2 Å². The van der Waals surface area contributed by atoms with Gasteiger partial charge in [-0.05, 0) is 12.1 Å². The number of hydrogen-bond acceptors (Lipinski definition) is 1. The van der Waals surface area contributed by atoms with E-state index in [1.165, 1.54) is 0 Å². The van der Waals surface area contributed by atoms with Crippen molar-refractivity contribution < 1.29 is 22.3 Å². The maximum atomic E-state index is 12.3. The SMILES string of the molecule is Fc1cccc(OC(F)(F)F)c1. The van der Waals surface area contributed by atoms with Crippen LogP contribution < -0.4 is 4.74 Å². The molecule has 0 radical (unpaired) electrons. The molecule has 0 saturated heterocycles. The first-order chi connectivity index (χ1) is 5.47. The van der Waals surface area contributed by atoms with Crippen molar-refractivity contribution >= 4 is 0 Å². The van der Waals surface area contributed by atoms with Crippen LogP contribution in [-0.2, 0) is 0 Å². The molecule has 5 heteroatoms. The van der Waals surface area contributed by atoms with Gasteiger partial charge in [0.2, 0.25) is 0 Å². The Morgan fingerprint density at radius 2 is 1.83 bits per heavy atom. The molecular weight excluding hydrogens is 176 g/mol. The predicted octanol–water partition coefficient (Wildman–Crippen LogP) is 2.72. The molecule has 1 rings (SSSR count). The fourth-order valence-electron chi connectivity index (χ4n) is 0.664. The van der Waals surface area contributed by atoms with Crippen molar-refractivity contribution in [3.8, 4) is 5.75 Å². The molecule has 0 aliphatic rings. The average molecular weight is 180 g/mol. The fraction of sp³-hybridized carbons (Fsp3) is 0.143. The molecule has 0 amide bonds. The number of alkyl halides is 3. The van der Waals surface area contributed by atoms with E-state index in [2.05, 4.69) is 4.74 Å². The molecule has 0 N–H and O–H groups in total. The minimum absolute atomic E-state index is 0.553. The summed E-state index contributed by atoms with van der Waals surface area (Å²) in [6.45, 7) is 0. The molecule has 1 nitrogen and oxygen atoms in total. The van der Waals surface area contributed by atoms with Gasteiger partial charge < -0.3 is 4.74 Å². The Bertz CT molecular complexity index is 268. The van der Waals surface area contributed by atoms with Crippen LogP contribution in [0.5, 0.6) is 5.75 Å². The number of hydrogen-bond donors (Lipinski definition) is 0. The van der Waals surface area contributed by atoms with Crippen LogP contribution in [0.2, 0.25) is 0 Å². The molecule has 0 fully saturated rings. The Balaban J connectivity index is 2.77. The van der Waals surface area contributed by atoms with Crippen LogP contribution >= 0.6 is 0 Å². The highest BCUT2D eigenvalue weighted by molar-refractivity contribution is 5.22. The minimum atomic E-state index is -4.77. The van der Waals surface area contributed by atoms with Gasteiger partial charge in [0.1, 0.15) is 11.6 Å². The van der Waals surface area contributed by atoms with Crippen LogP contribution in [-0.4, -0.2) is 6.36 Å². The van der Waals surface area contributed by atoms with E-state index in [-0.39, 0.29) is 0 Å². The molecule has 0 aliphatic carbocycles. The third-order valence-electron chi connectivity index (χ3n) is 1.03. The maximum absolute atomic E-state index is 12.3. The third kappa shape index (κ3) is 2.77. The van der Waals surface area contributed by atoms with Crippen molar-refractivity contribution in [2.24, 2.45) is 0 Å². The summed E-state index contributed by atoms with van der Waals surface area (Å²) in [7, 11) is 0. The molecule has 0 unspecified atom stereocenters. The van der Waals surface area contributed by atoms with Crippen molar-refractivity contribution in [3.63, 3.8) is 0 Å². The highest BCUT2D eigenvalue weighted by atomic mass is 19.4. The summed E-state index contributed by atoms with van der Waals surface area (Å²) in [5.74, 6) is -1.32. The van der Waals surface area contributed by atoms with E-state index in [0.717, 1.165) is 18.2 Å². The lowest BCUT2D eigenvalue weighted by atomic mass is 10.3. The zero-order valence-corrected chi connectivity index (χ0v) is 5.73. The molecule has 0 aromatic heterocycles. The molecule has 66 valence electrons. The van der Waals surface area contributed by atoms with E-state index in [9.17, 15) is 17.6 Å². The van der Waals surface area contributed by atoms with Gasteiger partial charge >= 0.3 is 6.36 Å². The lowest BCUT2D eigenvalue weighted by Crippen LogP contribution is -2.17. The second kappa shape index (κ2) is 3.00. The Hall–Kier alpha value is -1.26. The van der Waals surface area contributed by atoms with Gasteiger partial charge in [0.15, 0.2) is 0 Å². The highest BCUT2D eigenvalue weighted by Crippen LogP contribution is 2.22. The van der Waals surface area contributed by atoms with Gasteiger partial charge in [0.25, 0.3) is 0 Å². The second-order valence-corrected chi connectivity index (χ2v) is 2.01. The van der Waals surface area contributed by atoms with E-state index in [1.54, 1.807) is 0 Å². The van der Waals surface area contributed by atoms with Crippen molar-refractivity contribution in [2.75, 3.05) is 0 Å². The summed E-state index contributed by atoms with van der Waals surface area (Å²) < 4.78 is 50.3. The largest absolute Gasteiger partial charge is 0.573 e. The Labute approximate surface area is 65.6 Å². The van der Waals surface area contributed by atoms with Crippen molar-refractivity contribution in [1.29, 1.82) is 0 Å². The third-order valence-corrected chi connectivity index (χ3v) is 1.03. The molecule has 1 aromatic rings. The zero-order chi connectivity index (χ0) is 9.19. The zero-order valence-electron chi connectivity index (χ0n) is 5.73. The van der Waals surface area contributed by atoms with E-state index in [0.29, 0.717) is 6.07 Å². The smallest absolute Gasteiger partial charge is 0.406 e. The van der Waals surface area contributed by atoms with Gasteiger partial charge in [-0.3, -0.25) is 0 Å². The van der Waals surface area contributed by atoms with Gasteiger partial charge in [0, 0.05) is 6.07 Å². The minimum Gasteiger partial charge on any atom is -0.406 e. The van der Waals surface area contributed by atoms with Gasteiger partial charge in [-0.25, -0.2) is 4.39 Å². The summed E-state index contributed by atoms with van der Waals surface area (Å²) in [5, 5.41) is 0. The highest BCUT2D eigenvalue weighted by Gasteiger charge is 2.31. The normalized spacial score (nSPS) is 11.3. The van der Waals surface area contributed by atoms with Crippen molar-refractivity contribution in [3.05, 3.63) is 30.1 Å². The molecule has 0 aliphatic heterocycles. The number of halogens is 4. The van der Waals surface area contributed by atoms with Gasteiger partial charge in [0.05, 0.1) is 0 Å². The number of ether oxygens (including phenoxy) is 1. The van der Waals surface area contributed by atoms with E-state index in [1.807, 2.05) is 0 Å². The number of benzene rings is 1. The first kappa shape index (κ1) is 8.83. The summed E-state index contributed by atoms with van der Waals surface area (Å²) in [5.41, 5.74) is 0. The Morgan fingerprint density at radius 1 is 1.17 bits per heavy atom. The monoisotopic (exact) mass is 180 g/mol. The standard InChI is InChI=1S/C7H4F4O/c8-5-2-1-3-6(4-5)12-7(9,10)11/h1-4H. The lowest BCUT2D eigenvalue weighted by molar-refractivity contribution is -0.274. The topological polar surface area (TPSA) is 9.23 Å². The average Bonchev–Trinajstić information content (AvgIpc) is 1.82. The Morgan fingerprint density at radius 3 is 2.33 bits per heavy atom. The Kier molecular flexibility index (Phi) is 2.21. The summed E-state index contributed by atoms with van der Waals surface area (Å²) in [4.78, 5) is 0. The first-order valence-corrected chi connectivity index (χ1v) is 2.99. The molecule has 0 heterocycles. The maximum Gasteiger partial charge on any atom is 0.573 e. The molecule has 0 spiro atoms. The van der Waals surface area contributed by atoms with Gasteiger partial charge in [-0.2, -0.15) is 0 Å². The molecule has 1 aromatic carbocycles. The van der Waals surface area contributed by atoms with Crippen LogP contribution in [0.4, 0.5) is 17.6 Å². The second-order valence-electron chi connectivity index (χ2n) is 2.01. The molecular formula is C7H4F4O. The molecule has 0 saturated carbocycles. The van der Waals surface area contributed by atoms with E-state index >= 15 is 0 Å². The van der Waals surface area contributed by atoms with Gasteiger partial charge in [-0.1, -0.05) is 6.07 Å². The van der Waals surface area contributed by atoms with Crippen LogP contribution in [0.25, 0.3) is 0 Å². The van der Waals surface area contributed by atoms with Crippen molar-refractivity contribution in [1.82, 2.24) is 0 Å². The molecule has 0 bridgehead atoms. The number of rotatable bonds is 1. The van der Waals surface area contributed by atoms with E-state index < -0.39 is 17.9 Å². The van der Waals surface area contributed by atoms with Crippen LogP contribution in [0.1, 0.15) is 0 Å². The molecule has 0 atom stereocenters. The fourth-order valence-corrected chi connectivity index (χ4v) is 0.664. The lowest BCUT2D eigenvalue weighted by Gasteiger charge is -2.07. The predicted molar refractivity (Wildman–Crippen MR) is 33.1 cm³/mol. The first-order valence-electron chi connectivity index (χ1n) is 2.99. The quantitative estimate of drug-likeness (QED) is 0.603. The van der Waals surface area contributed by atoms with E-state index in [4.69, 9.17) is 0 Å². The van der Waals surface area contributed by atoms with Crippen LogP contribution in [0, 0.1) is 5.82 Å². The van der Waals surface area contributed by atoms with Crippen LogP contribution in [0.3, 0.4) is 0 Å². The van der Waals surface area contributed by atoms with Crippen LogP contribution in [0.15, 0.2) is 24.3 Å².